The summed E-state index contributed by atoms with van der Waals surface area (Å²) in [7, 11) is 1.66. The zero-order valence-corrected chi connectivity index (χ0v) is 11.5. The van der Waals surface area contributed by atoms with Gasteiger partial charge in [0.05, 0.1) is 7.11 Å². The molecular weight excluding hydrogens is 224 g/mol. The molecule has 98 valence electrons. The van der Waals surface area contributed by atoms with E-state index in [-0.39, 0.29) is 5.92 Å². The van der Waals surface area contributed by atoms with Crippen LogP contribution in [0.1, 0.15) is 37.3 Å². The van der Waals surface area contributed by atoms with Gasteiger partial charge in [-0.15, -0.1) is 0 Å². The highest BCUT2D eigenvalue weighted by atomic mass is 16.5. The molecule has 0 N–H and O–H groups in total. The van der Waals surface area contributed by atoms with Crippen molar-refractivity contribution in [1.82, 2.24) is 0 Å². The predicted octanol–water partition coefficient (Wildman–Crippen LogP) is 3.55. The number of carbonyl (C=O) groups is 1. The van der Waals surface area contributed by atoms with Crippen molar-refractivity contribution < 1.29 is 9.53 Å². The summed E-state index contributed by atoms with van der Waals surface area (Å²) in [6, 6.07) is 6.04. The molecule has 1 fully saturated rings. The van der Waals surface area contributed by atoms with Crippen LogP contribution >= 0.6 is 0 Å². The molecule has 0 bridgehead atoms. The molecule has 0 spiro atoms. The van der Waals surface area contributed by atoms with E-state index < -0.39 is 0 Å². The van der Waals surface area contributed by atoms with Crippen molar-refractivity contribution in [3.05, 3.63) is 29.3 Å². The number of ketones is 1. The van der Waals surface area contributed by atoms with Crippen LogP contribution in [0.3, 0.4) is 0 Å². The molecule has 1 aromatic rings. The molecule has 0 saturated heterocycles. The second kappa shape index (κ2) is 5.55. The average Bonchev–Trinajstić information content (AvgIpc) is 2.76. The highest BCUT2D eigenvalue weighted by molar-refractivity contribution is 5.84. The lowest BCUT2D eigenvalue weighted by Crippen LogP contribution is -2.14. The summed E-state index contributed by atoms with van der Waals surface area (Å²) in [4.78, 5) is 12.3. The predicted molar refractivity (Wildman–Crippen MR) is 72.9 cm³/mol. The molecule has 2 heteroatoms. The minimum atomic E-state index is 0.269. The number of carbonyl (C=O) groups excluding carboxylic acids is 1. The van der Waals surface area contributed by atoms with Crippen molar-refractivity contribution in [2.75, 3.05) is 7.11 Å². The van der Waals surface area contributed by atoms with Crippen LogP contribution in [0.4, 0.5) is 0 Å². The minimum Gasteiger partial charge on any atom is -0.496 e. The summed E-state index contributed by atoms with van der Waals surface area (Å²) < 4.78 is 5.33. The van der Waals surface area contributed by atoms with Crippen molar-refractivity contribution in [2.24, 2.45) is 11.8 Å². The Bertz CT molecular complexity index is 437. The monoisotopic (exact) mass is 246 g/mol. The molecular formula is C16H22O2. The maximum Gasteiger partial charge on any atom is 0.140 e. The summed E-state index contributed by atoms with van der Waals surface area (Å²) in [5.74, 6) is 2.19. The third-order valence-corrected chi connectivity index (χ3v) is 3.95. The maximum absolute atomic E-state index is 12.3. The fourth-order valence-electron chi connectivity index (χ4n) is 2.88. The van der Waals surface area contributed by atoms with Gasteiger partial charge < -0.3 is 4.74 Å². The van der Waals surface area contributed by atoms with Crippen molar-refractivity contribution >= 4 is 5.78 Å². The molecule has 0 heterocycles. The highest BCUT2D eigenvalue weighted by Crippen LogP contribution is 2.32. The van der Waals surface area contributed by atoms with E-state index in [1.165, 1.54) is 12.0 Å². The van der Waals surface area contributed by atoms with E-state index in [1.54, 1.807) is 7.11 Å². The van der Waals surface area contributed by atoms with E-state index in [1.807, 2.05) is 19.1 Å². The highest BCUT2D eigenvalue weighted by Gasteiger charge is 2.27. The topological polar surface area (TPSA) is 26.3 Å². The molecule has 1 aromatic carbocycles. The molecule has 18 heavy (non-hydrogen) atoms. The van der Waals surface area contributed by atoms with E-state index >= 15 is 0 Å². The molecule has 2 atom stereocenters. The summed E-state index contributed by atoms with van der Waals surface area (Å²) >= 11 is 0. The third kappa shape index (κ3) is 2.92. The van der Waals surface area contributed by atoms with Crippen molar-refractivity contribution in [3.63, 3.8) is 0 Å². The summed E-state index contributed by atoms with van der Waals surface area (Å²) in [5, 5.41) is 0. The number of ether oxygens (including phenoxy) is 1. The summed E-state index contributed by atoms with van der Waals surface area (Å²) in [6.07, 6.45) is 3.84. The fraction of sp³-hybridized carbons (Fsp3) is 0.562. The van der Waals surface area contributed by atoms with Crippen LogP contribution in [0.5, 0.6) is 5.75 Å². The molecule has 0 aliphatic heterocycles. The van der Waals surface area contributed by atoms with Crippen LogP contribution in [-0.2, 0) is 11.2 Å². The lowest BCUT2D eigenvalue weighted by atomic mass is 9.94. The number of benzene rings is 1. The first-order chi connectivity index (χ1) is 8.60. The molecule has 2 rings (SSSR count). The Balaban J connectivity index is 2.09. The molecule has 2 unspecified atom stereocenters. The Hall–Kier alpha value is -1.31. The Morgan fingerprint density at radius 1 is 1.39 bits per heavy atom. The van der Waals surface area contributed by atoms with Gasteiger partial charge in [-0.2, -0.15) is 0 Å². The van der Waals surface area contributed by atoms with Crippen molar-refractivity contribution in [1.29, 1.82) is 0 Å². The van der Waals surface area contributed by atoms with Gasteiger partial charge in [-0.1, -0.05) is 24.6 Å². The quantitative estimate of drug-likeness (QED) is 0.812. The first-order valence-corrected chi connectivity index (χ1v) is 6.76. The molecule has 1 saturated carbocycles. The lowest BCUT2D eigenvalue weighted by Gasteiger charge is -2.12. The average molecular weight is 246 g/mol. The van der Waals surface area contributed by atoms with Gasteiger partial charge in [0.25, 0.3) is 0 Å². The molecule has 1 aliphatic carbocycles. The van der Waals surface area contributed by atoms with Crippen LogP contribution in [0.15, 0.2) is 18.2 Å². The van der Waals surface area contributed by atoms with Crippen LogP contribution in [0.25, 0.3) is 0 Å². The number of Topliss-reactive ketones (excluding diaryl/α,β-unsaturated/α-hetero) is 1. The number of aryl methyl sites for hydroxylation is 1. The van der Waals surface area contributed by atoms with E-state index in [0.717, 1.165) is 24.2 Å². The Kier molecular flexibility index (Phi) is 4.05. The van der Waals surface area contributed by atoms with Gasteiger partial charge in [-0.25, -0.2) is 0 Å². The van der Waals surface area contributed by atoms with E-state index in [2.05, 4.69) is 13.0 Å². The molecule has 1 aliphatic rings. The maximum atomic E-state index is 12.3. The van der Waals surface area contributed by atoms with Crippen LogP contribution in [0.2, 0.25) is 0 Å². The zero-order chi connectivity index (χ0) is 13.1. The molecule has 0 amide bonds. The van der Waals surface area contributed by atoms with Gasteiger partial charge in [0.15, 0.2) is 0 Å². The normalized spacial score (nSPS) is 23.1. The van der Waals surface area contributed by atoms with E-state index in [4.69, 9.17) is 4.74 Å². The Morgan fingerprint density at radius 2 is 2.17 bits per heavy atom. The molecule has 2 nitrogen and oxygen atoms in total. The third-order valence-electron chi connectivity index (χ3n) is 3.95. The minimum absolute atomic E-state index is 0.269. The van der Waals surface area contributed by atoms with Crippen LogP contribution in [0, 0.1) is 18.8 Å². The van der Waals surface area contributed by atoms with Crippen molar-refractivity contribution in [2.45, 2.75) is 39.5 Å². The fourth-order valence-corrected chi connectivity index (χ4v) is 2.88. The number of hydrogen-bond donors (Lipinski definition) is 0. The van der Waals surface area contributed by atoms with Gasteiger partial charge in [0.2, 0.25) is 0 Å². The largest absolute Gasteiger partial charge is 0.496 e. The van der Waals surface area contributed by atoms with Gasteiger partial charge in [-0.3, -0.25) is 4.79 Å². The molecule has 0 aromatic heterocycles. The van der Waals surface area contributed by atoms with Gasteiger partial charge in [-0.05, 0) is 38.2 Å². The van der Waals surface area contributed by atoms with Gasteiger partial charge in [0.1, 0.15) is 11.5 Å². The second-order valence-electron chi connectivity index (χ2n) is 5.57. The van der Waals surface area contributed by atoms with Crippen LogP contribution in [-0.4, -0.2) is 12.9 Å². The summed E-state index contributed by atoms with van der Waals surface area (Å²) in [6.45, 7) is 4.28. The number of rotatable bonds is 4. The standard InChI is InChI=1S/C16H22O2/c1-11-4-6-13(8-11)15(17)10-14-9-12(2)5-7-16(14)18-3/h5,7,9,11,13H,4,6,8,10H2,1-3H3. The van der Waals surface area contributed by atoms with E-state index in [0.29, 0.717) is 18.1 Å². The zero-order valence-electron chi connectivity index (χ0n) is 11.5. The number of hydrogen-bond acceptors (Lipinski definition) is 2. The van der Waals surface area contributed by atoms with Crippen LogP contribution < -0.4 is 4.74 Å². The molecule has 0 radical (unpaired) electrons. The van der Waals surface area contributed by atoms with Crippen molar-refractivity contribution in [3.8, 4) is 5.75 Å². The van der Waals surface area contributed by atoms with Gasteiger partial charge in [0, 0.05) is 17.9 Å². The lowest BCUT2D eigenvalue weighted by molar-refractivity contribution is -0.122. The first-order valence-electron chi connectivity index (χ1n) is 6.76. The first kappa shape index (κ1) is 13.1. The van der Waals surface area contributed by atoms with E-state index in [9.17, 15) is 4.79 Å². The summed E-state index contributed by atoms with van der Waals surface area (Å²) in [5.41, 5.74) is 2.21. The number of methoxy groups -OCH3 is 1. The second-order valence-corrected chi connectivity index (χ2v) is 5.57. The Labute approximate surface area is 109 Å². The van der Waals surface area contributed by atoms with Gasteiger partial charge >= 0.3 is 0 Å². The Morgan fingerprint density at radius 3 is 2.78 bits per heavy atom. The smallest absolute Gasteiger partial charge is 0.140 e. The SMILES string of the molecule is COc1ccc(C)cc1CC(=O)C1CCC(C)C1.